The van der Waals surface area contributed by atoms with E-state index < -0.39 is 0 Å². The number of carbonyl (C=O) groups excluding carboxylic acids is 1. The van der Waals surface area contributed by atoms with Gasteiger partial charge in [-0.15, -0.1) is 11.3 Å². The Morgan fingerprint density at radius 2 is 2.05 bits per heavy atom. The number of fused-ring (bicyclic) bond motifs is 1. The first-order valence-electron chi connectivity index (χ1n) is 5.94. The highest BCUT2D eigenvalue weighted by molar-refractivity contribution is 14.1. The van der Waals surface area contributed by atoms with Gasteiger partial charge in [0.1, 0.15) is 0 Å². The second kappa shape index (κ2) is 4.76. The summed E-state index contributed by atoms with van der Waals surface area (Å²) < 4.78 is 1.14. The Morgan fingerprint density at radius 1 is 1.26 bits per heavy atom. The molecule has 0 saturated carbocycles. The largest absolute Gasteiger partial charge is 0.321 e. The van der Waals surface area contributed by atoms with Crippen molar-refractivity contribution in [2.24, 2.45) is 0 Å². The second-order valence-electron chi connectivity index (χ2n) is 4.59. The molecule has 0 spiro atoms. The number of hydrogen-bond acceptors (Lipinski definition) is 2. The minimum Gasteiger partial charge on any atom is -0.321 e. The molecule has 0 saturated heterocycles. The second-order valence-corrected chi connectivity index (χ2v) is 7.12. The molecule has 1 aromatic heterocycles. The maximum atomic E-state index is 12.1. The third kappa shape index (κ3) is 2.34. The van der Waals surface area contributed by atoms with E-state index >= 15 is 0 Å². The van der Waals surface area contributed by atoms with Crippen molar-refractivity contribution in [3.63, 3.8) is 0 Å². The Morgan fingerprint density at radius 3 is 2.74 bits per heavy atom. The molecular formula is C15H12INOS. The Balaban J connectivity index is 2.11. The summed E-state index contributed by atoms with van der Waals surface area (Å²) in [6.07, 6.45) is 1.99. The predicted octanol–water partition coefficient (Wildman–Crippen LogP) is 4.46. The van der Waals surface area contributed by atoms with Crippen LogP contribution in [0.15, 0.2) is 24.3 Å². The number of hydrogen-bond donors (Lipinski definition) is 1. The minimum absolute atomic E-state index is 0.0132. The van der Waals surface area contributed by atoms with Gasteiger partial charge in [0.25, 0.3) is 5.91 Å². The van der Waals surface area contributed by atoms with Crippen molar-refractivity contribution >= 4 is 57.2 Å². The summed E-state index contributed by atoms with van der Waals surface area (Å²) in [6.45, 7) is 4.20. The average Bonchev–Trinajstić information content (AvgIpc) is 2.82. The molecule has 0 unspecified atom stereocenters. The van der Waals surface area contributed by atoms with Crippen LogP contribution in [0.25, 0.3) is 11.6 Å². The lowest BCUT2D eigenvalue weighted by Gasteiger charge is -1.98. The van der Waals surface area contributed by atoms with Crippen LogP contribution in [-0.2, 0) is 4.79 Å². The summed E-state index contributed by atoms with van der Waals surface area (Å²) in [7, 11) is 0. The molecule has 1 aliphatic rings. The van der Waals surface area contributed by atoms with Crippen LogP contribution < -0.4 is 5.32 Å². The lowest BCUT2D eigenvalue weighted by molar-refractivity contribution is -0.110. The summed E-state index contributed by atoms with van der Waals surface area (Å²) in [5.74, 6) is -0.0132. The van der Waals surface area contributed by atoms with Gasteiger partial charge in [-0.25, -0.2) is 0 Å². The molecule has 0 fully saturated rings. The molecular weight excluding hydrogens is 369 g/mol. The SMILES string of the molecule is Cc1cc(C=C2C(=O)Nc3ccc(I)cc32)sc1C. The molecule has 19 heavy (non-hydrogen) atoms. The van der Waals surface area contributed by atoms with Crippen molar-refractivity contribution in [1.82, 2.24) is 0 Å². The summed E-state index contributed by atoms with van der Waals surface area (Å²) in [6, 6.07) is 8.14. The fourth-order valence-electron chi connectivity index (χ4n) is 2.12. The number of thiophene rings is 1. The van der Waals surface area contributed by atoms with Gasteiger partial charge in [0, 0.05) is 24.6 Å². The molecule has 3 rings (SSSR count). The molecule has 0 aliphatic carbocycles. The molecule has 96 valence electrons. The molecule has 0 atom stereocenters. The van der Waals surface area contributed by atoms with E-state index in [1.807, 2.05) is 24.3 Å². The zero-order valence-corrected chi connectivity index (χ0v) is 13.6. The van der Waals surface area contributed by atoms with E-state index in [-0.39, 0.29) is 5.91 Å². The van der Waals surface area contributed by atoms with E-state index in [1.165, 1.54) is 10.4 Å². The highest BCUT2D eigenvalue weighted by atomic mass is 127. The van der Waals surface area contributed by atoms with Crippen molar-refractivity contribution in [3.8, 4) is 0 Å². The zero-order valence-electron chi connectivity index (χ0n) is 10.6. The Kier molecular flexibility index (Phi) is 3.22. The Bertz CT molecular complexity index is 695. The van der Waals surface area contributed by atoms with E-state index in [9.17, 15) is 4.79 Å². The molecule has 0 bridgehead atoms. The van der Waals surface area contributed by atoms with Crippen molar-refractivity contribution in [3.05, 3.63) is 48.7 Å². The van der Waals surface area contributed by atoms with Crippen LogP contribution in [0.4, 0.5) is 5.69 Å². The van der Waals surface area contributed by atoms with Crippen LogP contribution in [0.1, 0.15) is 20.9 Å². The van der Waals surface area contributed by atoms with Crippen molar-refractivity contribution in [2.45, 2.75) is 13.8 Å². The number of anilines is 1. The summed E-state index contributed by atoms with van der Waals surface area (Å²) in [4.78, 5) is 14.5. The van der Waals surface area contributed by atoms with Gasteiger partial charge in [0.05, 0.1) is 5.57 Å². The van der Waals surface area contributed by atoms with Crippen molar-refractivity contribution < 1.29 is 4.79 Å². The third-order valence-electron chi connectivity index (χ3n) is 3.24. The van der Waals surface area contributed by atoms with E-state index in [4.69, 9.17) is 0 Å². The van der Waals surface area contributed by atoms with Crippen molar-refractivity contribution in [1.29, 1.82) is 0 Å². The van der Waals surface area contributed by atoms with Crippen LogP contribution in [0, 0.1) is 17.4 Å². The fraction of sp³-hybridized carbons (Fsp3) is 0.133. The molecule has 1 N–H and O–H groups in total. The van der Waals surface area contributed by atoms with E-state index in [0.29, 0.717) is 0 Å². The number of aryl methyl sites for hydroxylation is 2. The van der Waals surface area contributed by atoms with Crippen LogP contribution in [0.5, 0.6) is 0 Å². The minimum atomic E-state index is -0.0132. The molecule has 0 radical (unpaired) electrons. The Labute approximate surface area is 129 Å². The number of benzene rings is 1. The maximum Gasteiger partial charge on any atom is 0.256 e. The van der Waals surface area contributed by atoms with Gasteiger partial charge in [0.2, 0.25) is 0 Å². The van der Waals surface area contributed by atoms with Gasteiger partial charge < -0.3 is 5.32 Å². The summed E-state index contributed by atoms with van der Waals surface area (Å²) >= 11 is 3.99. The molecule has 4 heteroatoms. The van der Waals surface area contributed by atoms with Crippen LogP contribution in [-0.4, -0.2) is 5.91 Å². The van der Waals surface area contributed by atoms with Gasteiger partial charge in [-0.3, -0.25) is 4.79 Å². The first-order chi connectivity index (χ1) is 9.04. The van der Waals surface area contributed by atoms with Crippen LogP contribution >= 0.6 is 33.9 Å². The lowest BCUT2D eigenvalue weighted by Crippen LogP contribution is -2.03. The van der Waals surface area contributed by atoms with Gasteiger partial charge in [0.15, 0.2) is 0 Å². The number of carbonyl (C=O) groups is 1. The maximum absolute atomic E-state index is 12.1. The zero-order chi connectivity index (χ0) is 13.6. The fourth-order valence-corrected chi connectivity index (χ4v) is 3.60. The van der Waals surface area contributed by atoms with E-state index in [2.05, 4.69) is 47.8 Å². The topological polar surface area (TPSA) is 29.1 Å². The van der Waals surface area contributed by atoms with Crippen LogP contribution in [0.2, 0.25) is 0 Å². The number of rotatable bonds is 1. The van der Waals surface area contributed by atoms with E-state index in [0.717, 1.165) is 25.3 Å². The number of halogens is 1. The normalized spacial score (nSPS) is 15.7. The summed E-state index contributed by atoms with van der Waals surface area (Å²) in [5, 5.41) is 2.91. The number of amides is 1. The predicted molar refractivity (Wildman–Crippen MR) is 89.5 cm³/mol. The molecule has 2 aromatic rings. The van der Waals surface area contributed by atoms with E-state index in [1.54, 1.807) is 11.3 Å². The smallest absolute Gasteiger partial charge is 0.256 e. The Hall–Kier alpha value is -1.14. The molecule has 1 amide bonds. The number of nitrogens with one attached hydrogen (secondary N) is 1. The van der Waals surface area contributed by atoms with Gasteiger partial charge >= 0.3 is 0 Å². The standard InChI is InChI=1S/C15H12INOS/c1-8-5-11(19-9(8)2)7-13-12-6-10(16)3-4-14(12)17-15(13)18/h3-7H,1-2H3,(H,17,18). The summed E-state index contributed by atoms with van der Waals surface area (Å²) in [5.41, 5.74) is 3.94. The molecule has 2 nitrogen and oxygen atoms in total. The third-order valence-corrected chi connectivity index (χ3v) is 5.01. The van der Waals surface area contributed by atoms with Gasteiger partial charge in [-0.2, -0.15) is 0 Å². The highest BCUT2D eigenvalue weighted by Crippen LogP contribution is 2.35. The first kappa shape index (κ1) is 12.9. The highest BCUT2D eigenvalue weighted by Gasteiger charge is 2.24. The molecule has 2 heterocycles. The molecule has 1 aromatic carbocycles. The lowest BCUT2D eigenvalue weighted by atomic mass is 10.1. The quantitative estimate of drug-likeness (QED) is 0.574. The first-order valence-corrected chi connectivity index (χ1v) is 7.84. The van der Waals surface area contributed by atoms with Gasteiger partial charge in [-0.05, 0) is 72.3 Å². The van der Waals surface area contributed by atoms with Crippen LogP contribution in [0.3, 0.4) is 0 Å². The monoisotopic (exact) mass is 381 g/mol. The van der Waals surface area contributed by atoms with Gasteiger partial charge in [-0.1, -0.05) is 0 Å². The van der Waals surface area contributed by atoms with Crippen molar-refractivity contribution in [2.75, 3.05) is 5.32 Å². The molecule has 1 aliphatic heterocycles. The average molecular weight is 381 g/mol.